The topological polar surface area (TPSA) is 38.1 Å². The molecule has 3 nitrogen and oxygen atoms in total. The Balaban J connectivity index is 1.67. The van der Waals surface area contributed by atoms with Crippen LogP contribution in [0.2, 0.25) is 0 Å². The van der Waals surface area contributed by atoms with Crippen molar-refractivity contribution in [1.82, 2.24) is 10.3 Å². The van der Waals surface area contributed by atoms with E-state index < -0.39 is 0 Å². The summed E-state index contributed by atoms with van der Waals surface area (Å²) in [6, 6.07) is 2.55. The highest BCUT2D eigenvalue weighted by molar-refractivity contribution is 7.11. The van der Waals surface area contributed by atoms with Crippen molar-refractivity contribution in [1.29, 1.82) is 0 Å². The first-order valence-electron chi connectivity index (χ1n) is 6.04. The summed E-state index contributed by atoms with van der Waals surface area (Å²) >= 11 is 1.76. The molecule has 3 rings (SSSR count). The average molecular weight is 248 g/mol. The Hall–Kier alpha value is -1.13. The summed E-state index contributed by atoms with van der Waals surface area (Å²) in [5, 5.41) is 4.74. The molecule has 1 aliphatic rings. The monoisotopic (exact) mass is 248 g/mol. The fraction of sp³-hybridized carbons (Fsp3) is 0.462. The minimum Gasteiger partial charge on any atom is -0.469 e. The number of hydrogen-bond donors (Lipinski definition) is 1. The molecule has 0 amide bonds. The Kier molecular flexibility index (Phi) is 2.99. The number of hydrogen-bond acceptors (Lipinski definition) is 4. The molecule has 0 aliphatic heterocycles. The fourth-order valence-electron chi connectivity index (χ4n) is 2.41. The molecule has 0 spiro atoms. The van der Waals surface area contributed by atoms with Gasteiger partial charge in [0.15, 0.2) is 0 Å². The molecule has 4 heteroatoms. The lowest BCUT2D eigenvalue weighted by molar-refractivity contribution is 0.411. The summed E-state index contributed by atoms with van der Waals surface area (Å²) < 4.78 is 5.49. The number of aryl methyl sites for hydroxylation is 2. The van der Waals surface area contributed by atoms with E-state index in [9.17, 15) is 0 Å². The van der Waals surface area contributed by atoms with Crippen LogP contribution in [0.15, 0.2) is 22.9 Å². The summed E-state index contributed by atoms with van der Waals surface area (Å²) in [5.41, 5.74) is 1.34. The predicted octanol–water partition coefficient (Wildman–Crippen LogP) is 3.21. The average Bonchev–Trinajstić information content (AvgIpc) is 2.94. The van der Waals surface area contributed by atoms with Crippen molar-refractivity contribution < 1.29 is 4.42 Å². The lowest BCUT2D eigenvalue weighted by Crippen LogP contribution is -2.23. The highest BCUT2D eigenvalue weighted by Gasteiger charge is 2.21. The van der Waals surface area contributed by atoms with E-state index in [1.165, 1.54) is 23.3 Å². The maximum atomic E-state index is 5.49. The molecule has 2 heterocycles. The largest absolute Gasteiger partial charge is 0.469 e. The minimum absolute atomic E-state index is 0.444. The van der Waals surface area contributed by atoms with Crippen molar-refractivity contribution in [2.75, 3.05) is 0 Å². The SMILES string of the molecule is Cc1ncc(CNC2CCCc3occc32)s1. The Labute approximate surface area is 105 Å². The molecular weight excluding hydrogens is 232 g/mol. The third kappa shape index (κ3) is 2.28. The molecule has 0 bridgehead atoms. The molecule has 17 heavy (non-hydrogen) atoms. The second-order valence-corrected chi connectivity index (χ2v) is 5.79. The van der Waals surface area contributed by atoms with Gasteiger partial charge in [-0.2, -0.15) is 0 Å². The van der Waals surface area contributed by atoms with E-state index in [0.29, 0.717) is 6.04 Å². The maximum Gasteiger partial charge on any atom is 0.108 e. The molecule has 0 saturated heterocycles. The molecule has 90 valence electrons. The van der Waals surface area contributed by atoms with Gasteiger partial charge < -0.3 is 9.73 Å². The van der Waals surface area contributed by atoms with E-state index in [4.69, 9.17) is 4.42 Å². The van der Waals surface area contributed by atoms with Gasteiger partial charge in [0.1, 0.15) is 5.76 Å². The zero-order valence-corrected chi connectivity index (χ0v) is 10.7. The first-order chi connectivity index (χ1) is 8.33. The van der Waals surface area contributed by atoms with Crippen LogP contribution in [-0.2, 0) is 13.0 Å². The third-order valence-corrected chi connectivity index (χ3v) is 4.16. The van der Waals surface area contributed by atoms with Gasteiger partial charge in [-0.15, -0.1) is 11.3 Å². The molecule has 1 atom stereocenters. The van der Waals surface area contributed by atoms with Crippen molar-refractivity contribution in [2.45, 2.75) is 38.8 Å². The Morgan fingerprint density at radius 2 is 2.53 bits per heavy atom. The first-order valence-corrected chi connectivity index (χ1v) is 6.85. The van der Waals surface area contributed by atoms with Crippen LogP contribution < -0.4 is 5.32 Å². The summed E-state index contributed by atoms with van der Waals surface area (Å²) in [6.45, 7) is 2.95. The normalized spacial score (nSPS) is 19.2. The molecule has 1 N–H and O–H groups in total. The van der Waals surface area contributed by atoms with E-state index >= 15 is 0 Å². The summed E-state index contributed by atoms with van der Waals surface area (Å²) in [7, 11) is 0. The highest BCUT2D eigenvalue weighted by Crippen LogP contribution is 2.30. The van der Waals surface area contributed by atoms with Crippen molar-refractivity contribution in [3.8, 4) is 0 Å². The van der Waals surface area contributed by atoms with Crippen LogP contribution in [0.3, 0.4) is 0 Å². The number of furan rings is 1. The Morgan fingerprint density at radius 3 is 3.35 bits per heavy atom. The Morgan fingerprint density at radius 1 is 1.59 bits per heavy atom. The van der Waals surface area contributed by atoms with Gasteiger partial charge in [-0.3, -0.25) is 0 Å². The number of aromatic nitrogens is 1. The van der Waals surface area contributed by atoms with Crippen LogP contribution in [0.25, 0.3) is 0 Å². The minimum atomic E-state index is 0.444. The second-order valence-electron chi connectivity index (χ2n) is 4.47. The highest BCUT2D eigenvalue weighted by atomic mass is 32.1. The van der Waals surface area contributed by atoms with E-state index in [2.05, 4.69) is 16.4 Å². The van der Waals surface area contributed by atoms with Crippen LogP contribution in [0.4, 0.5) is 0 Å². The van der Waals surface area contributed by atoms with Gasteiger partial charge in [0.2, 0.25) is 0 Å². The number of thiazole rings is 1. The molecule has 0 aromatic carbocycles. The van der Waals surface area contributed by atoms with Gasteiger partial charge in [-0.1, -0.05) is 0 Å². The summed E-state index contributed by atoms with van der Waals surface area (Å²) in [6.07, 6.45) is 7.26. The van der Waals surface area contributed by atoms with Gasteiger partial charge in [-0.05, 0) is 25.8 Å². The zero-order valence-electron chi connectivity index (χ0n) is 9.90. The molecule has 0 fully saturated rings. The number of nitrogens with one attached hydrogen (secondary N) is 1. The van der Waals surface area contributed by atoms with Crippen molar-refractivity contribution >= 4 is 11.3 Å². The van der Waals surface area contributed by atoms with Gasteiger partial charge in [0.05, 0.1) is 11.3 Å². The number of rotatable bonds is 3. The van der Waals surface area contributed by atoms with Gasteiger partial charge >= 0.3 is 0 Å². The predicted molar refractivity (Wildman–Crippen MR) is 68.1 cm³/mol. The van der Waals surface area contributed by atoms with Crippen molar-refractivity contribution in [2.24, 2.45) is 0 Å². The smallest absolute Gasteiger partial charge is 0.108 e. The molecule has 2 aromatic heterocycles. The van der Waals surface area contributed by atoms with Gasteiger partial charge in [-0.25, -0.2) is 4.98 Å². The van der Waals surface area contributed by atoms with Crippen LogP contribution in [0.1, 0.15) is 40.1 Å². The van der Waals surface area contributed by atoms with E-state index in [0.717, 1.165) is 23.7 Å². The quantitative estimate of drug-likeness (QED) is 0.906. The van der Waals surface area contributed by atoms with Gasteiger partial charge in [0, 0.05) is 35.6 Å². The summed E-state index contributed by atoms with van der Waals surface area (Å²) in [4.78, 5) is 5.58. The number of fused-ring (bicyclic) bond motifs is 1. The van der Waals surface area contributed by atoms with E-state index in [-0.39, 0.29) is 0 Å². The third-order valence-electron chi connectivity index (χ3n) is 3.24. The van der Waals surface area contributed by atoms with Gasteiger partial charge in [0.25, 0.3) is 0 Å². The van der Waals surface area contributed by atoms with E-state index in [1.54, 1.807) is 11.3 Å². The first kappa shape index (κ1) is 11.0. The summed E-state index contributed by atoms with van der Waals surface area (Å²) in [5.74, 6) is 1.16. The van der Waals surface area contributed by atoms with Crippen LogP contribution in [0, 0.1) is 6.92 Å². The van der Waals surface area contributed by atoms with Crippen LogP contribution in [-0.4, -0.2) is 4.98 Å². The van der Waals surface area contributed by atoms with E-state index in [1.807, 2.05) is 19.4 Å². The van der Waals surface area contributed by atoms with Crippen LogP contribution >= 0.6 is 11.3 Å². The number of nitrogens with zero attached hydrogens (tertiary/aromatic N) is 1. The maximum absolute atomic E-state index is 5.49. The molecule has 1 unspecified atom stereocenters. The molecule has 0 saturated carbocycles. The standard InChI is InChI=1S/C13H16N2OS/c1-9-14-7-10(17-9)8-15-12-3-2-4-13-11(12)5-6-16-13/h5-7,12,15H,2-4,8H2,1H3. The lowest BCUT2D eigenvalue weighted by atomic mass is 9.93. The molecule has 0 radical (unpaired) electrons. The molecule has 2 aromatic rings. The lowest BCUT2D eigenvalue weighted by Gasteiger charge is -2.22. The van der Waals surface area contributed by atoms with Crippen LogP contribution in [0.5, 0.6) is 0 Å². The Bertz CT molecular complexity index is 503. The van der Waals surface area contributed by atoms with Crippen molar-refractivity contribution in [3.05, 3.63) is 39.7 Å². The second kappa shape index (κ2) is 4.63. The molecular formula is C13H16N2OS. The van der Waals surface area contributed by atoms with Crippen molar-refractivity contribution in [3.63, 3.8) is 0 Å². The zero-order chi connectivity index (χ0) is 11.7. The fourth-order valence-corrected chi connectivity index (χ4v) is 3.16. The molecule has 1 aliphatic carbocycles.